The molecule has 0 aliphatic heterocycles. The highest BCUT2D eigenvalue weighted by atomic mass is 32.1. The number of nitrogens with one attached hydrogen (secondary N) is 1. The van der Waals surface area contributed by atoms with Crippen LogP contribution in [0.15, 0.2) is 34.4 Å². The maximum absolute atomic E-state index is 12.5. The number of aryl methyl sites for hydroxylation is 1. The molecule has 1 amide bonds. The summed E-state index contributed by atoms with van der Waals surface area (Å²) >= 11 is 1.16. The van der Waals surface area contributed by atoms with Crippen LogP contribution in [0.2, 0.25) is 0 Å². The predicted molar refractivity (Wildman–Crippen MR) is 114 cm³/mol. The van der Waals surface area contributed by atoms with Crippen LogP contribution in [-0.4, -0.2) is 44.6 Å². The number of benzene rings is 1. The first-order chi connectivity index (χ1) is 13.5. The molecule has 0 bridgehead atoms. The molecule has 7 nitrogen and oxygen atoms in total. The van der Waals surface area contributed by atoms with Gasteiger partial charge in [0, 0.05) is 37.1 Å². The fourth-order valence-electron chi connectivity index (χ4n) is 3.25. The highest BCUT2D eigenvalue weighted by molar-refractivity contribution is 7.07. The van der Waals surface area contributed by atoms with Crippen molar-refractivity contribution < 1.29 is 4.79 Å². The summed E-state index contributed by atoms with van der Waals surface area (Å²) in [5, 5.41) is 4.76. The molecule has 0 aliphatic carbocycles. The molecule has 0 radical (unpaired) electrons. The van der Waals surface area contributed by atoms with Crippen LogP contribution in [-0.2, 0) is 17.9 Å². The molecule has 3 aromatic rings. The number of para-hydroxylation sites is 2. The molecular formula is C20H27N5O2S. The number of carbonyl (C=O) groups is 1. The lowest BCUT2D eigenvalue weighted by Gasteiger charge is -2.19. The standard InChI is InChI=1S/C20H27N5O2S/c1-4-23(5-2)12-13-25-17-9-7-6-8-16(17)21-19(25)22-18(26)10-11-24-15(3)14-28-20(24)27/h6-9,14H,4-5,10-13H2,1-3H3,(H,21,22,26). The predicted octanol–water partition coefficient (Wildman–Crippen LogP) is 2.94. The van der Waals surface area contributed by atoms with Gasteiger partial charge in [0.05, 0.1) is 11.0 Å². The molecule has 0 aliphatic rings. The van der Waals surface area contributed by atoms with Gasteiger partial charge < -0.3 is 14.0 Å². The third kappa shape index (κ3) is 4.51. The Labute approximate surface area is 168 Å². The summed E-state index contributed by atoms with van der Waals surface area (Å²) < 4.78 is 3.70. The minimum absolute atomic E-state index is 0.0308. The lowest BCUT2D eigenvalue weighted by atomic mass is 10.3. The van der Waals surface area contributed by atoms with Crippen molar-refractivity contribution in [1.29, 1.82) is 0 Å². The van der Waals surface area contributed by atoms with Crippen LogP contribution in [0.25, 0.3) is 11.0 Å². The SMILES string of the molecule is CCN(CC)CCn1c(NC(=O)CCn2c(C)csc2=O)nc2ccccc21. The van der Waals surface area contributed by atoms with Gasteiger partial charge in [-0.3, -0.25) is 14.9 Å². The Kier molecular flexibility index (Phi) is 6.64. The topological polar surface area (TPSA) is 72.2 Å². The number of carbonyl (C=O) groups excluding carboxylic acids is 1. The van der Waals surface area contributed by atoms with Gasteiger partial charge in [0.15, 0.2) is 0 Å². The number of aromatic nitrogens is 3. The Balaban J connectivity index is 1.75. The normalized spacial score (nSPS) is 11.4. The minimum atomic E-state index is -0.142. The first-order valence-corrected chi connectivity index (χ1v) is 10.5. The number of nitrogens with zero attached hydrogens (tertiary/aromatic N) is 4. The second-order valence-electron chi connectivity index (χ2n) is 6.70. The summed E-state index contributed by atoms with van der Waals surface area (Å²) in [5.74, 6) is 0.421. The van der Waals surface area contributed by atoms with Gasteiger partial charge in [0.25, 0.3) is 0 Å². The zero-order chi connectivity index (χ0) is 20.1. The van der Waals surface area contributed by atoms with E-state index >= 15 is 0 Å². The molecule has 2 aromatic heterocycles. The average molecular weight is 402 g/mol. The lowest BCUT2D eigenvalue weighted by Crippen LogP contribution is -2.28. The lowest BCUT2D eigenvalue weighted by molar-refractivity contribution is -0.116. The number of hydrogen-bond donors (Lipinski definition) is 1. The van der Waals surface area contributed by atoms with Gasteiger partial charge in [-0.2, -0.15) is 0 Å². The fraction of sp³-hybridized carbons (Fsp3) is 0.450. The van der Waals surface area contributed by atoms with Crippen molar-refractivity contribution in [2.45, 2.75) is 40.3 Å². The van der Waals surface area contributed by atoms with E-state index in [0.29, 0.717) is 12.5 Å². The van der Waals surface area contributed by atoms with E-state index in [-0.39, 0.29) is 17.2 Å². The molecule has 0 unspecified atom stereocenters. The molecule has 1 aromatic carbocycles. The molecule has 1 N–H and O–H groups in total. The maximum atomic E-state index is 12.5. The van der Waals surface area contributed by atoms with Crippen LogP contribution in [0.1, 0.15) is 26.0 Å². The van der Waals surface area contributed by atoms with E-state index in [1.165, 1.54) is 0 Å². The highest BCUT2D eigenvalue weighted by Crippen LogP contribution is 2.20. The second-order valence-corrected chi connectivity index (χ2v) is 7.52. The number of likely N-dealkylation sites (N-methyl/N-ethyl adjacent to an activating group) is 1. The van der Waals surface area contributed by atoms with Gasteiger partial charge in [0.2, 0.25) is 11.9 Å². The van der Waals surface area contributed by atoms with Crippen molar-refractivity contribution in [2.24, 2.45) is 0 Å². The Morgan fingerprint density at radius 3 is 2.61 bits per heavy atom. The van der Waals surface area contributed by atoms with Crippen LogP contribution in [0.4, 0.5) is 5.95 Å². The summed E-state index contributed by atoms with van der Waals surface area (Å²) in [7, 11) is 0. The van der Waals surface area contributed by atoms with E-state index in [1.807, 2.05) is 36.6 Å². The molecule has 0 atom stereocenters. The fourth-order valence-corrected chi connectivity index (χ4v) is 4.01. The molecular weight excluding hydrogens is 374 g/mol. The van der Waals surface area contributed by atoms with Crippen molar-refractivity contribution in [3.63, 3.8) is 0 Å². The smallest absolute Gasteiger partial charge is 0.307 e. The molecule has 0 saturated carbocycles. The number of imidazole rings is 1. The Morgan fingerprint density at radius 2 is 1.93 bits per heavy atom. The first kappa shape index (κ1) is 20.3. The van der Waals surface area contributed by atoms with Gasteiger partial charge in [-0.1, -0.05) is 37.3 Å². The van der Waals surface area contributed by atoms with E-state index in [4.69, 9.17) is 0 Å². The van der Waals surface area contributed by atoms with E-state index in [2.05, 4.69) is 33.6 Å². The van der Waals surface area contributed by atoms with Gasteiger partial charge in [-0.05, 0) is 32.1 Å². The Hall–Kier alpha value is -2.45. The molecule has 28 heavy (non-hydrogen) atoms. The summed E-state index contributed by atoms with van der Waals surface area (Å²) in [6.07, 6.45) is 0.233. The average Bonchev–Trinajstić information content (AvgIpc) is 3.20. The van der Waals surface area contributed by atoms with Gasteiger partial charge >= 0.3 is 4.87 Å². The molecule has 0 saturated heterocycles. The molecule has 3 rings (SSSR count). The van der Waals surface area contributed by atoms with E-state index in [9.17, 15) is 9.59 Å². The first-order valence-electron chi connectivity index (χ1n) is 9.65. The van der Waals surface area contributed by atoms with Crippen molar-refractivity contribution in [3.05, 3.63) is 45.0 Å². The third-order valence-corrected chi connectivity index (χ3v) is 5.86. The van der Waals surface area contributed by atoms with E-state index in [0.717, 1.165) is 54.2 Å². The van der Waals surface area contributed by atoms with E-state index < -0.39 is 0 Å². The highest BCUT2D eigenvalue weighted by Gasteiger charge is 2.14. The molecule has 0 fully saturated rings. The number of hydrogen-bond acceptors (Lipinski definition) is 5. The molecule has 2 heterocycles. The number of anilines is 1. The Morgan fingerprint density at radius 1 is 1.18 bits per heavy atom. The number of rotatable bonds is 9. The third-order valence-electron chi connectivity index (χ3n) is 4.98. The summed E-state index contributed by atoms with van der Waals surface area (Å²) in [5.41, 5.74) is 2.76. The van der Waals surface area contributed by atoms with Crippen molar-refractivity contribution in [3.8, 4) is 0 Å². The monoisotopic (exact) mass is 401 g/mol. The molecule has 150 valence electrons. The molecule has 8 heteroatoms. The Bertz CT molecular complexity index is 1000. The van der Waals surface area contributed by atoms with Crippen molar-refractivity contribution in [2.75, 3.05) is 25.0 Å². The van der Waals surface area contributed by atoms with Gasteiger partial charge in [-0.15, -0.1) is 0 Å². The quantitative estimate of drug-likeness (QED) is 0.598. The van der Waals surface area contributed by atoms with Crippen LogP contribution < -0.4 is 10.2 Å². The summed E-state index contributed by atoms with van der Waals surface area (Å²) in [6, 6.07) is 7.90. The molecule has 0 spiro atoms. The van der Waals surface area contributed by atoms with Crippen LogP contribution in [0.5, 0.6) is 0 Å². The van der Waals surface area contributed by atoms with Gasteiger partial charge in [0.1, 0.15) is 0 Å². The number of fused-ring (bicyclic) bond motifs is 1. The minimum Gasteiger partial charge on any atom is -0.309 e. The van der Waals surface area contributed by atoms with Crippen LogP contribution in [0.3, 0.4) is 0 Å². The number of thiazole rings is 1. The second kappa shape index (κ2) is 9.16. The van der Waals surface area contributed by atoms with Crippen LogP contribution >= 0.6 is 11.3 Å². The summed E-state index contributed by atoms with van der Waals surface area (Å²) in [6.45, 7) is 10.2. The maximum Gasteiger partial charge on any atom is 0.307 e. The van der Waals surface area contributed by atoms with Crippen LogP contribution in [0, 0.1) is 6.92 Å². The largest absolute Gasteiger partial charge is 0.309 e. The van der Waals surface area contributed by atoms with Crippen molar-refractivity contribution >= 4 is 34.2 Å². The van der Waals surface area contributed by atoms with Gasteiger partial charge in [-0.25, -0.2) is 4.98 Å². The van der Waals surface area contributed by atoms with E-state index in [1.54, 1.807) is 4.57 Å². The zero-order valence-electron chi connectivity index (χ0n) is 16.6. The number of amides is 1. The van der Waals surface area contributed by atoms with Crippen molar-refractivity contribution in [1.82, 2.24) is 19.0 Å². The zero-order valence-corrected chi connectivity index (χ0v) is 17.5. The summed E-state index contributed by atoms with van der Waals surface area (Å²) in [4.78, 5) is 31.3.